The predicted molar refractivity (Wildman–Crippen MR) is 122 cm³/mol. The first-order valence-corrected chi connectivity index (χ1v) is 10.7. The fourth-order valence-electron chi connectivity index (χ4n) is 4.38. The molecule has 31 heavy (non-hydrogen) atoms. The normalized spacial score (nSPS) is 24.0. The van der Waals surface area contributed by atoms with Crippen LogP contribution in [0.2, 0.25) is 0 Å². The van der Waals surface area contributed by atoms with E-state index in [0.29, 0.717) is 24.0 Å². The van der Waals surface area contributed by atoms with E-state index in [1.54, 1.807) is 14.2 Å². The largest absolute Gasteiger partial charge is 0.497 e. The third kappa shape index (κ3) is 3.93. The Morgan fingerprint density at radius 3 is 2.68 bits per heavy atom. The molecule has 7 nitrogen and oxygen atoms in total. The molecule has 0 aliphatic carbocycles. The van der Waals surface area contributed by atoms with Gasteiger partial charge in [-0.05, 0) is 55.9 Å². The van der Waals surface area contributed by atoms with Crippen molar-refractivity contribution < 1.29 is 19.0 Å². The maximum Gasteiger partial charge on any atom is 0.236 e. The molecule has 164 valence electrons. The van der Waals surface area contributed by atoms with Crippen LogP contribution in [-0.4, -0.2) is 49.0 Å². The maximum absolute atomic E-state index is 13.6. The summed E-state index contributed by atoms with van der Waals surface area (Å²) in [6, 6.07) is 14.8. The average molecular weight is 442 g/mol. The van der Waals surface area contributed by atoms with Gasteiger partial charge in [-0.15, -0.1) is 0 Å². The molecule has 2 bridgehead atoms. The topological polar surface area (TPSA) is 72.1 Å². The van der Waals surface area contributed by atoms with Crippen molar-refractivity contribution in [1.29, 1.82) is 0 Å². The number of fused-ring (bicyclic) bond motifs is 4. The van der Waals surface area contributed by atoms with Crippen molar-refractivity contribution in [2.75, 3.05) is 32.7 Å². The van der Waals surface area contributed by atoms with Crippen LogP contribution in [0.25, 0.3) is 0 Å². The highest BCUT2D eigenvalue weighted by molar-refractivity contribution is 7.80. The zero-order valence-electron chi connectivity index (χ0n) is 17.9. The Kier molecular flexibility index (Phi) is 6.02. The van der Waals surface area contributed by atoms with Crippen molar-refractivity contribution in [2.24, 2.45) is 5.92 Å². The molecule has 1 fully saturated rings. The van der Waals surface area contributed by atoms with E-state index in [1.807, 2.05) is 60.4 Å². The van der Waals surface area contributed by atoms with Gasteiger partial charge < -0.3 is 29.7 Å². The minimum atomic E-state index is -0.939. The van der Waals surface area contributed by atoms with Crippen molar-refractivity contribution in [3.05, 3.63) is 54.1 Å². The number of hydrogen-bond donors (Lipinski definition) is 2. The van der Waals surface area contributed by atoms with Crippen molar-refractivity contribution in [3.63, 3.8) is 0 Å². The van der Waals surface area contributed by atoms with Crippen LogP contribution in [0.5, 0.6) is 11.5 Å². The summed E-state index contributed by atoms with van der Waals surface area (Å²) >= 11 is 5.68. The number of rotatable bonds is 7. The molecule has 8 heteroatoms. The van der Waals surface area contributed by atoms with Gasteiger partial charge in [0.25, 0.3) is 0 Å². The van der Waals surface area contributed by atoms with Gasteiger partial charge >= 0.3 is 0 Å². The van der Waals surface area contributed by atoms with E-state index < -0.39 is 11.6 Å². The highest BCUT2D eigenvalue weighted by atomic mass is 32.1. The SMILES string of the molecule is COCCCN1C(=S)N[C@@H]2c3ccccc3O[C@@]1(C)[C@@H]2C(=O)Nc1ccc(OC)cc1. The lowest BCUT2D eigenvalue weighted by atomic mass is 9.78. The quantitative estimate of drug-likeness (QED) is 0.504. The zero-order valence-corrected chi connectivity index (χ0v) is 18.7. The van der Waals surface area contributed by atoms with Crippen LogP contribution in [0.15, 0.2) is 48.5 Å². The molecule has 4 rings (SSSR count). The second-order valence-electron chi connectivity index (χ2n) is 7.82. The smallest absolute Gasteiger partial charge is 0.236 e. The van der Waals surface area contributed by atoms with E-state index in [-0.39, 0.29) is 11.9 Å². The van der Waals surface area contributed by atoms with E-state index in [9.17, 15) is 4.79 Å². The van der Waals surface area contributed by atoms with E-state index in [1.165, 1.54) is 0 Å². The fourth-order valence-corrected chi connectivity index (χ4v) is 4.78. The Labute approximate surface area is 187 Å². The van der Waals surface area contributed by atoms with Crippen molar-refractivity contribution in [3.8, 4) is 11.5 Å². The molecule has 1 saturated heterocycles. The molecular weight excluding hydrogens is 414 g/mol. The number of ether oxygens (including phenoxy) is 3. The summed E-state index contributed by atoms with van der Waals surface area (Å²) in [5.41, 5.74) is 0.680. The monoisotopic (exact) mass is 441 g/mol. The fraction of sp³-hybridized carbons (Fsp3) is 0.391. The molecule has 2 aromatic rings. The summed E-state index contributed by atoms with van der Waals surface area (Å²) in [6.07, 6.45) is 0.760. The molecule has 0 radical (unpaired) electrons. The number of hydrogen-bond acceptors (Lipinski definition) is 5. The molecule has 1 amide bonds. The number of nitrogens with one attached hydrogen (secondary N) is 2. The molecule has 3 atom stereocenters. The standard InChI is InChI=1S/C23H27N3O4S/c1-23-19(21(27)24-15-9-11-16(29-3)12-10-15)20(17-7-4-5-8-18(17)30-23)25-22(31)26(23)13-6-14-28-2/h4-5,7-12,19-20H,6,13-14H2,1-3H3,(H,24,27)(H,25,31)/t19-,20+,23-/m0/s1. The number of nitrogens with zero attached hydrogens (tertiary/aromatic N) is 1. The number of anilines is 1. The van der Waals surface area contributed by atoms with Crippen molar-refractivity contribution in [1.82, 2.24) is 10.2 Å². The lowest BCUT2D eigenvalue weighted by Crippen LogP contribution is -2.71. The van der Waals surface area contributed by atoms with Crippen molar-refractivity contribution in [2.45, 2.75) is 25.1 Å². The van der Waals surface area contributed by atoms with Gasteiger partial charge in [0.2, 0.25) is 5.91 Å². The summed E-state index contributed by atoms with van der Waals surface area (Å²) < 4.78 is 16.9. The highest BCUT2D eigenvalue weighted by Crippen LogP contribution is 2.48. The molecule has 0 spiro atoms. The van der Waals surface area contributed by atoms with E-state index in [2.05, 4.69) is 10.6 Å². The lowest BCUT2D eigenvalue weighted by molar-refractivity contribution is -0.149. The highest BCUT2D eigenvalue weighted by Gasteiger charge is 2.58. The van der Waals surface area contributed by atoms with Gasteiger partial charge in [-0.25, -0.2) is 0 Å². The van der Waals surface area contributed by atoms with E-state index >= 15 is 0 Å². The van der Waals surface area contributed by atoms with Crippen molar-refractivity contribution >= 4 is 28.9 Å². The van der Waals surface area contributed by atoms with E-state index in [4.69, 9.17) is 26.4 Å². The number of amides is 1. The molecule has 2 aliphatic heterocycles. The second kappa shape index (κ2) is 8.72. The van der Waals surface area contributed by atoms with Crippen LogP contribution < -0.4 is 20.1 Å². The number of carbonyl (C=O) groups excluding carboxylic acids is 1. The summed E-state index contributed by atoms with van der Waals surface area (Å²) in [5, 5.41) is 7.01. The number of carbonyl (C=O) groups is 1. The van der Waals surface area contributed by atoms with Crippen LogP contribution in [0.1, 0.15) is 24.9 Å². The lowest BCUT2D eigenvalue weighted by Gasteiger charge is -2.56. The van der Waals surface area contributed by atoms with Gasteiger partial charge in [-0.3, -0.25) is 4.79 Å². The summed E-state index contributed by atoms with van der Waals surface area (Å²) in [5.74, 6) is 0.820. The minimum Gasteiger partial charge on any atom is -0.497 e. The van der Waals surface area contributed by atoms with Gasteiger partial charge in [0.15, 0.2) is 10.8 Å². The molecule has 2 heterocycles. The molecule has 0 aromatic heterocycles. The van der Waals surface area contributed by atoms with Crippen LogP contribution in [0, 0.1) is 5.92 Å². The summed E-state index contributed by atoms with van der Waals surface area (Å²) in [4.78, 5) is 15.5. The molecule has 0 unspecified atom stereocenters. The third-order valence-corrected chi connectivity index (χ3v) is 6.25. The predicted octanol–water partition coefficient (Wildman–Crippen LogP) is 3.33. The number of methoxy groups -OCH3 is 2. The molecule has 2 N–H and O–H groups in total. The Morgan fingerprint density at radius 2 is 1.97 bits per heavy atom. The van der Waals surface area contributed by atoms with Gasteiger partial charge in [-0.2, -0.15) is 0 Å². The third-order valence-electron chi connectivity index (χ3n) is 5.91. The van der Waals surface area contributed by atoms with Crippen LogP contribution in [0.3, 0.4) is 0 Å². The first-order chi connectivity index (χ1) is 15.0. The Hall–Kier alpha value is -2.84. The summed E-state index contributed by atoms with van der Waals surface area (Å²) in [6.45, 7) is 3.14. The first-order valence-electron chi connectivity index (χ1n) is 10.3. The summed E-state index contributed by atoms with van der Waals surface area (Å²) in [7, 11) is 3.28. The Bertz CT molecular complexity index is 968. The second-order valence-corrected chi connectivity index (χ2v) is 8.20. The van der Waals surface area contributed by atoms with Gasteiger partial charge in [0.1, 0.15) is 17.4 Å². The van der Waals surface area contributed by atoms with Crippen LogP contribution in [-0.2, 0) is 9.53 Å². The Morgan fingerprint density at radius 1 is 1.23 bits per heavy atom. The number of benzene rings is 2. The maximum atomic E-state index is 13.6. The number of thiocarbonyl (C=S) groups is 1. The molecule has 0 saturated carbocycles. The zero-order chi connectivity index (χ0) is 22.0. The first kappa shape index (κ1) is 21.4. The molecule has 2 aliphatic rings. The minimum absolute atomic E-state index is 0.140. The number of para-hydroxylation sites is 1. The average Bonchev–Trinajstić information content (AvgIpc) is 2.76. The molecular formula is C23H27N3O4S. The van der Waals surface area contributed by atoms with E-state index in [0.717, 1.165) is 23.5 Å². The Balaban J connectivity index is 1.68. The van der Waals surface area contributed by atoms with Gasteiger partial charge in [0, 0.05) is 31.5 Å². The van der Waals surface area contributed by atoms with Crippen LogP contribution >= 0.6 is 12.2 Å². The van der Waals surface area contributed by atoms with Gasteiger partial charge in [-0.1, -0.05) is 18.2 Å². The molecule has 2 aromatic carbocycles. The van der Waals surface area contributed by atoms with Gasteiger partial charge in [0.05, 0.1) is 13.2 Å². The van der Waals surface area contributed by atoms with Crippen LogP contribution in [0.4, 0.5) is 5.69 Å².